The van der Waals surface area contributed by atoms with Crippen LogP contribution in [0.15, 0.2) is 41.5 Å². The van der Waals surface area contributed by atoms with Gasteiger partial charge in [-0.1, -0.05) is 11.6 Å². The number of nitrogens with zero attached hydrogens (tertiary/aromatic N) is 3. The molecule has 3 rings (SSSR count). The second-order valence-electron chi connectivity index (χ2n) is 4.96. The van der Waals surface area contributed by atoms with Crippen LogP contribution in [-0.2, 0) is 6.54 Å². The summed E-state index contributed by atoms with van der Waals surface area (Å²) in [5, 5.41) is 3.77. The molecule has 6 heteroatoms. The smallest absolute Gasteiger partial charge is 0.294 e. The van der Waals surface area contributed by atoms with E-state index in [9.17, 15) is 4.79 Å². The first-order valence-electron chi connectivity index (χ1n) is 6.98. The third-order valence-electron chi connectivity index (χ3n) is 3.49. The minimum Gasteiger partial charge on any atom is -0.336 e. The Morgan fingerprint density at radius 2 is 2.14 bits per heavy atom. The van der Waals surface area contributed by atoms with E-state index in [0.29, 0.717) is 17.4 Å². The van der Waals surface area contributed by atoms with Crippen molar-refractivity contribution in [1.29, 1.82) is 0 Å². The minimum atomic E-state index is -0.171. The van der Waals surface area contributed by atoms with Gasteiger partial charge in [-0.2, -0.15) is 0 Å². The van der Waals surface area contributed by atoms with Gasteiger partial charge in [-0.15, -0.1) is 0 Å². The van der Waals surface area contributed by atoms with Gasteiger partial charge in [-0.3, -0.25) is 9.78 Å². The number of pyridine rings is 1. The van der Waals surface area contributed by atoms with Gasteiger partial charge in [-0.05, 0) is 43.7 Å². The van der Waals surface area contributed by atoms with Crippen molar-refractivity contribution in [1.82, 2.24) is 14.5 Å². The number of rotatable bonds is 3. The van der Waals surface area contributed by atoms with Crippen molar-refractivity contribution in [3.63, 3.8) is 0 Å². The van der Waals surface area contributed by atoms with E-state index in [1.807, 2.05) is 26.0 Å². The van der Waals surface area contributed by atoms with Crippen molar-refractivity contribution < 1.29 is 0 Å². The standard InChI is InChI=1S/C16H15ClN4O/c1-3-21-14-9-18-7-6-13(14)20-15(16(21)22)19-11-4-5-12(17)10(2)8-11/h4-9H,3H2,1-2H3,(H,19,20). The summed E-state index contributed by atoms with van der Waals surface area (Å²) in [6, 6.07) is 7.29. The number of aryl methyl sites for hydroxylation is 2. The first-order valence-corrected chi connectivity index (χ1v) is 7.35. The van der Waals surface area contributed by atoms with Crippen LogP contribution < -0.4 is 10.9 Å². The molecule has 0 aliphatic heterocycles. The number of hydrogen-bond donors (Lipinski definition) is 1. The maximum absolute atomic E-state index is 12.6. The molecule has 1 N–H and O–H groups in total. The van der Waals surface area contributed by atoms with Gasteiger partial charge in [0.25, 0.3) is 5.56 Å². The van der Waals surface area contributed by atoms with Crippen LogP contribution in [0.3, 0.4) is 0 Å². The fourth-order valence-electron chi connectivity index (χ4n) is 2.34. The number of nitrogens with one attached hydrogen (secondary N) is 1. The van der Waals surface area contributed by atoms with Gasteiger partial charge in [0.2, 0.25) is 0 Å². The zero-order valence-corrected chi connectivity index (χ0v) is 13.1. The van der Waals surface area contributed by atoms with Crippen LogP contribution in [0.5, 0.6) is 0 Å². The Kier molecular flexibility index (Phi) is 3.81. The molecule has 0 bridgehead atoms. The molecule has 2 heterocycles. The Balaban J connectivity index is 2.12. The summed E-state index contributed by atoms with van der Waals surface area (Å²) in [5.41, 5.74) is 3.00. The quantitative estimate of drug-likeness (QED) is 0.803. The molecular weight excluding hydrogens is 300 g/mol. The Morgan fingerprint density at radius 3 is 2.86 bits per heavy atom. The van der Waals surface area contributed by atoms with Crippen molar-refractivity contribution in [2.45, 2.75) is 20.4 Å². The van der Waals surface area contributed by atoms with Crippen molar-refractivity contribution in [2.75, 3.05) is 5.32 Å². The lowest BCUT2D eigenvalue weighted by Gasteiger charge is -2.11. The first-order chi connectivity index (χ1) is 10.6. The highest BCUT2D eigenvalue weighted by molar-refractivity contribution is 6.31. The van der Waals surface area contributed by atoms with E-state index in [-0.39, 0.29) is 5.56 Å². The van der Waals surface area contributed by atoms with Crippen LogP contribution in [0.1, 0.15) is 12.5 Å². The predicted octanol–water partition coefficient (Wildman–Crippen LogP) is 3.52. The first kappa shape index (κ1) is 14.5. The average Bonchev–Trinajstić information content (AvgIpc) is 2.52. The normalized spacial score (nSPS) is 10.9. The highest BCUT2D eigenvalue weighted by atomic mass is 35.5. The molecule has 0 saturated carbocycles. The molecule has 0 spiro atoms. The summed E-state index contributed by atoms with van der Waals surface area (Å²) in [7, 11) is 0. The topological polar surface area (TPSA) is 59.8 Å². The zero-order valence-electron chi connectivity index (χ0n) is 12.3. The molecule has 0 saturated heterocycles. The van der Waals surface area contributed by atoms with E-state index in [1.165, 1.54) is 0 Å². The highest BCUT2D eigenvalue weighted by Crippen LogP contribution is 2.21. The lowest BCUT2D eigenvalue weighted by molar-refractivity contribution is 0.754. The molecule has 1 aromatic carbocycles. The predicted molar refractivity (Wildman–Crippen MR) is 88.9 cm³/mol. The second kappa shape index (κ2) is 5.77. The molecule has 112 valence electrons. The molecule has 0 atom stereocenters. The summed E-state index contributed by atoms with van der Waals surface area (Å²) >= 11 is 6.02. The van der Waals surface area contributed by atoms with E-state index in [4.69, 9.17) is 11.6 Å². The Bertz CT molecular complexity index is 904. The van der Waals surface area contributed by atoms with E-state index < -0.39 is 0 Å². The second-order valence-corrected chi connectivity index (χ2v) is 5.37. The van der Waals surface area contributed by atoms with E-state index >= 15 is 0 Å². The summed E-state index contributed by atoms with van der Waals surface area (Å²) in [6.07, 6.45) is 3.32. The fraction of sp³-hybridized carbons (Fsp3) is 0.188. The molecular formula is C16H15ClN4O. The van der Waals surface area contributed by atoms with Gasteiger partial charge in [0.1, 0.15) is 0 Å². The average molecular weight is 315 g/mol. The molecule has 0 aliphatic rings. The van der Waals surface area contributed by atoms with Crippen LogP contribution in [-0.4, -0.2) is 14.5 Å². The van der Waals surface area contributed by atoms with E-state index in [0.717, 1.165) is 22.3 Å². The van der Waals surface area contributed by atoms with Crippen molar-refractivity contribution in [3.05, 3.63) is 57.6 Å². The number of hydrogen-bond acceptors (Lipinski definition) is 4. The summed E-state index contributed by atoms with van der Waals surface area (Å²) in [4.78, 5) is 21.0. The molecule has 22 heavy (non-hydrogen) atoms. The van der Waals surface area contributed by atoms with Crippen molar-refractivity contribution >= 4 is 34.1 Å². The third-order valence-corrected chi connectivity index (χ3v) is 3.91. The number of halogens is 1. The molecule has 0 unspecified atom stereocenters. The van der Waals surface area contributed by atoms with Crippen LogP contribution >= 0.6 is 11.6 Å². The van der Waals surface area contributed by atoms with Crippen molar-refractivity contribution in [3.8, 4) is 0 Å². The number of anilines is 2. The van der Waals surface area contributed by atoms with Crippen LogP contribution in [0.4, 0.5) is 11.5 Å². The fourth-order valence-corrected chi connectivity index (χ4v) is 2.46. The SMILES string of the molecule is CCn1c(=O)c(Nc2ccc(Cl)c(C)c2)nc2ccncc21. The maximum Gasteiger partial charge on any atom is 0.294 e. The largest absolute Gasteiger partial charge is 0.336 e. The van der Waals surface area contributed by atoms with Gasteiger partial charge >= 0.3 is 0 Å². The van der Waals surface area contributed by atoms with Crippen LogP contribution in [0.25, 0.3) is 11.0 Å². The van der Waals surface area contributed by atoms with Gasteiger partial charge in [0.05, 0.1) is 17.2 Å². The lowest BCUT2D eigenvalue weighted by atomic mass is 10.2. The van der Waals surface area contributed by atoms with Crippen LogP contribution in [0.2, 0.25) is 5.02 Å². The molecule has 0 radical (unpaired) electrons. The summed E-state index contributed by atoms with van der Waals surface area (Å²) in [5.74, 6) is 0.294. The van der Waals surface area contributed by atoms with Crippen molar-refractivity contribution in [2.24, 2.45) is 0 Å². The summed E-state index contributed by atoms with van der Waals surface area (Å²) in [6.45, 7) is 4.39. The van der Waals surface area contributed by atoms with Crippen LogP contribution in [0, 0.1) is 6.92 Å². The Morgan fingerprint density at radius 1 is 1.32 bits per heavy atom. The number of benzene rings is 1. The third kappa shape index (κ3) is 2.55. The monoisotopic (exact) mass is 314 g/mol. The molecule has 0 aliphatic carbocycles. The van der Waals surface area contributed by atoms with Gasteiger partial charge < -0.3 is 9.88 Å². The van der Waals surface area contributed by atoms with Gasteiger partial charge in [0, 0.05) is 23.5 Å². The molecule has 5 nitrogen and oxygen atoms in total. The number of aromatic nitrogens is 3. The molecule has 0 fully saturated rings. The highest BCUT2D eigenvalue weighted by Gasteiger charge is 2.10. The molecule has 2 aromatic heterocycles. The Hall–Kier alpha value is -2.40. The number of fused-ring (bicyclic) bond motifs is 1. The lowest BCUT2D eigenvalue weighted by Crippen LogP contribution is -2.24. The maximum atomic E-state index is 12.6. The van der Waals surface area contributed by atoms with E-state index in [1.54, 1.807) is 29.1 Å². The molecule has 3 aromatic rings. The zero-order chi connectivity index (χ0) is 15.7. The Labute approximate surface area is 132 Å². The molecule has 0 amide bonds. The van der Waals surface area contributed by atoms with E-state index in [2.05, 4.69) is 15.3 Å². The van der Waals surface area contributed by atoms with Gasteiger partial charge in [-0.25, -0.2) is 4.98 Å². The van der Waals surface area contributed by atoms with Gasteiger partial charge in [0.15, 0.2) is 5.82 Å². The minimum absolute atomic E-state index is 0.171. The summed E-state index contributed by atoms with van der Waals surface area (Å²) < 4.78 is 1.65.